The van der Waals surface area contributed by atoms with Crippen LogP contribution in [-0.2, 0) is 6.54 Å². The molecule has 1 aliphatic rings. The molecule has 2 aromatic heterocycles. The fraction of sp³-hybridized carbons (Fsp3) is 0.312. The van der Waals surface area contributed by atoms with Gasteiger partial charge in [-0.1, -0.05) is 12.1 Å². The molecule has 4 rings (SSSR count). The van der Waals surface area contributed by atoms with Gasteiger partial charge >= 0.3 is 0 Å². The Morgan fingerprint density at radius 1 is 1.20 bits per heavy atom. The van der Waals surface area contributed by atoms with E-state index in [4.69, 9.17) is 11.0 Å². The molecular weight excluding hydrogens is 336 g/mol. The highest BCUT2D eigenvalue weighted by atomic mass is 32.1. The van der Waals surface area contributed by atoms with Crippen molar-refractivity contribution >= 4 is 34.5 Å². The van der Waals surface area contributed by atoms with Crippen LogP contribution in [0.15, 0.2) is 24.4 Å². The molecule has 1 fully saturated rings. The number of hydrogen-bond acceptors (Lipinski definition) is 9. The second kappa shape index (κ2) is 6.58. The average molecular weight is 352 g/mol. The molecule has 3 heterocycles. The standard InChI is InChI=1S/C16H16N8S/c17-8-12-9-19-16(20-15(12)18)24-6-4-23(5-7-24)10-11-2-1-3-13-14(11)22-25-21-13/h1-3,9H,4-7,10H2,(H2,18,19,20). The fourth-order valence-electron chi connectivity index (χ4n) is 2.96. The lowest BCUT2D eigenvalue weighted by atomic mass is 10.1. The summed E-state index contributed by atoms with van der Waals surface area (Å²) in [6.07, 6.45) is 1.49. The number of nitrogens with two attached hydrogens (primary N) is 1. The van der Waals surface area contributed by atoms with E-state index in [0.29, 0.717) is 11.5 Å². The Morgan fingerprint density at radius 2 is 2.04 bits per heavy atom. The Bertz CT molecular complexity index is 939. The Kier molecular flexibility index (Phi) is 4.13. The highest BCUT2D eigenvalue weighted by Gasteiger charge is 2.20. The van der Waals surface area contributed by atoms with E-state index in [1.165, 1.54) is 23.5 Å². The maximum absolute atomic E-state index is 8.92. The molecule has 0 radical (unpaired) electrons. The summed E-state index contributed by atoms with van der Waals surface area (Å²) in [5.41, 5.74) is 9.27. The van der Waals surface area contributed by atoms with Crippen LogP contribution in [0.25, 0.3) is 11.0 Å². The van der Waals surface area contributed by atoms with E-state index in [1.54, 1.807) is 0 Å². The van der Waals surface area contributed by atoms with Gasteiger partial charge in [-0.05, 0) is 11.6 Å². The Hall–Kier alpha value is -2.83. The van der Waals surface area contributed by atoms with Gasteiger partial charge in [-0.15, -0.1) is 0 Å². The van der Waals surface area contributed by atoms with Crippen molar-refractivity contribution in [3.8, 4) is 6.07 Å². The van der Waals surface area contributed by atoms with E-state index in [0.717, 1.165) is 43.8 Å². The number of piperazine rings is 1. The smallest absolute Gasteiger partial charge is 0.227 e. The SMILES string of the molecule is N#Cc1cnc(N2CCN(Cc3cccc4nsnc34)CC2)nc1N. The number of hydrogen-bond donors (Lipinski definition) is 1. The molecule has 0 atom stereocenters. The largest absolute Gasteiger partial charge is 0.382 e. The molecular formula is C16H16N8S. The van der Waals surface area contributed by atoms with Crippen molar-refractivity contribution in [2.24, 2.45) is 0 Å². The van der Waals surface area contributed by atoms with Crippen molar-refractivity contribution in [2.75, 3.05) is 36.8 Å². The third kappa shape index (κ3) is 3.09. The van der Waals surface area contributed by atoms with Crippen LogP contribution in [0.1, 0.15) is 11.1 Å². The third-order valence-corrected chi connectivity index (χ3v) is 4.89. The van der Waals surface area contributed by atoms with E-state index in [9.17, 15) is 0 Å². The predicted octanol–water partition coefficient (Wildman–Crippen LogP) is 1.26. The van der Waals surface area contributed by atoms with Gasteiger partial charge in [0.05, 0.1) is 17.9 Å². The maximum atomic E-state index is 8.92. The molecule has 126 valence electrons. The lowest BCUT2D eigenvalue weighted by Crippen LogP contribution is -2.46. The molecule has 1 aliphatic heterocycles. The first kappa shape index (κ1) is 15.7. The molecule has 0 bridgehead atoms. The lowest BCUT2D eigenvalue weighted by Gasteiger charge is -2.34. The molecule has 0 saturated carbocycles. The Morgan fingerprint density at radius 3 is 2.80 bits per heavy atom. The van der Waals surface area contributed by atoms with Gasteiger partial charge in [-0.3, -0.25) is 4.90 Å². The molecule has 0 unspecified atom stereocenters. The fourth-order valence-corrected chi connectivity index (χ4v) is 3.53. The molecule has 2 N–H and O–H groups in total. The summed E-state index contributed by atoms with van der Waals surface area (Å²) in [7, 11) is 0. The quantitative estimate of drug-likeness (QED) is 0.750. The van der Waals surface area contributed by atoms with Crippen LogP contribution < -0.4 is 10.6 Å². The minimum atomic E-state index is 0.234. The average Bonchev–Trinajstić information content (AvgIpc) is 3.12. The van der Waals surface area contributed by atoms with Crippen LogP contribution in [-0.4, -0.2) is 49.8 Å². The zero-order valence-corrected chi connectivity index (χ0v) is 14.3. The van der Waals surface area contributed by atoms with Gasteiger partial charge in [-0.25, -0.2) is 4.98 Å². The van der Waals surface area contributed by atoms with Crippen LogP contribution >= 0.6 is 11.7 Å². The minimum Gasteiger partial charge on any atom is -0.382 e. The summed E-state index contributed by atoms with van der Waals surface area (Å²) >= 11 is 1.25. The summed E-state index contributed by atoms with van der Waals surface area (Å²) in [5, 5.41) is 8.92. The monoisotopic (exact) mass is 352 g/mol. The molecule has 0 aliphatic carbocycles. The zero-order valence-electron chi connectivity index (χ0n) is 13.5. The van der Waals surface area contributed by atoms with Gasteiger partial charge in [0.1, 0.15) is 28.5 Å². The van der Waals surface area contributed by atoms with Gasteiger partial charge < -0.3 is 10.6 Å². The van der Waals surface area contributed by atoms with Gasteiger partial charge in [0.2, 0.25) is 5.95 Å². The first-order chi connectivity index (χ1) is 12.2. The summed E-state index contributed by atoms with van der Waals surface area (Å²) in [6, 6.07) is 8.12. The van der Waals surface area contributed by atoms with E-state index >= 15 is 0 Å². The normalized spacial score (nSPS) is 15.4. The van der Waals surface area contributed by atoms with E-state index < -0.39 is 0 Å². The number of nitriles is 1. The van der Waals surface area contributed by atoms with Crippen LogP contribution in [0.5, 0.6) is 0 Å². The number of rotatable bonds is 3. The molecule has 8 nitrogen and oxygen atoms in total. The number of nitrogen functional groups attached to an aromatic ring is 1. The van der Waals surface area contributed by atoms with Crippen molar-refractivity contribution in [1.29, 1.82) is 5.26 Å². The van der Waals surface area contributed by atoms with Gasteiger partial charge in [0.15, 0.2) is 0 Å². The highest BCUT2D eigenvalue weighted by molar-refractivity contribution is 7.00. The molecule has 0 amide bonds. The van der Waals surface area contributed by atoms with E-state index in [1.807, 2.05) is 18.2 Å². The van der Waals surface area contributed by atoms with Gasteiger partial charge in [0.25, 0.3) is 0 Å². The summed E-state index contributed by atoms with van der Waals surface area (Å²) < 4.78 is 8.70. The summed E-state index contributed by atoms with van der Waals surface area (Å²) in [4.78, 5) is 13.0. The maximum Gasteiger partial charge on any atom is 0.227 e. The van der Waals surface area contributed by atoms with Crippen LogP contribution in [0, 0.1) is 11.3 Å². The first-order valence-electron chi connectivity index (χ1n) is 7.94. The van der Waals surface area contributed by atoms with E-state index in [2.05, 4.69) is 34.6 Å². The topological polar surface area (TPSA) is 108 Å². The Labute approximate surface area is 148 Å². The van der Waals surface area contributed by atoms with Crippen LogP contribution in [0.4, 0.5) is 11.8 Å². The number of nitrogens with zero attached hydrogens (tertiary/aromatic N) is 7. The van der Waals surface area contributed by atoms with Gasteiger partial charge in [-0.2, -0.15) is 19.0 Å². The Balaban J connectivity index is 1.42. The molecule has 1 aromatic carbocycles. The van der Waals surface area contributed by atoms with Crippen molar-refractivity contribution < 1.29 is 0 Å². The summed E-state index contributed by atoms with van der Waals surface area (Å²) in [6.45, 7) is 4.29. The first-order valence-corrected chi connectivity index (χ1v) is 8.67. The molecule has 25 heavy (non-hydrogen) atoms. The predicted molar refractivity (Wildman–Crippen MR) is 96.1 cm³/mol. The highest BCUT2D eigenvalue weighted by Crippen LogP contribution is 2.20. The van der Waals surface area contributed by atoms with Crippen LogP contribution in [0.2, 0.25) is 0 Å². The van der Waals surface area contributed by atoms with Crippen LogP contribution in [0.3, 0.4) is 0 Å². The van der Waals surface area contributed by atoms with E-state index in [-0.39, 0.29) is 5.82 Å². The second-order valence-corrected chi connectivity index (χ2v) is 6.42. The van der Waals surface area contributed by atoms with Gasteiger partial charge in [0, 0.05) is 32.7 Å². The van der Waals surface area contributed by atoms with Crippen molar-refractivity contribution in [1.82, 2.24) is 23.6 Å². The zero-order chi connectivity index (χ0) is 17.2. The van der Waals surface area contributed by atoms with Crippen molar-refractivity contribution in [2.45, 2.75) is 6.54 Å². The third-order valence-electron chi connectivity index (χ3n) is 4.34. The number of anilines is 2. The summed E-state index contributed by atoms with van der Waals surface area (Å²) in [5.74, 6) is 0.819. The van der Waals surface area contributed by atoms with Crippen molar-refractivity contribution in [3.05, 3.63) is 35.5 Å². The number of fused-ring (bicyclic) bond motifs is 1. The molecule has 9 heteroatoms. The second-order valence-electron chi connectivity index (χ2n) is 5.89. The molecule has 1 saturated heterocycles. The minimum absolute atomic E-state index is 0.234. The molecule has 0 spiro atoms. The van der Waals surface area contributed by atoms with Crippen molar-refractivity contribution in [3.63, 3.8) is 0 Å². The lowest BCUT2D eigenvalue weighted by molar-refractivity contribution is 0.249. The number of benzene rings is 1. The number of aromatic nitrogens is 4. The molecule has 3 aromatic rings.